The van der Waals surface area contributed by atoms with Crippen molar-refractivity contribution in [2.75, 3.05) is 13.2 Å². The summed E-state index contributed by atoms with van der Waals surface area (Å²) < 4.78 is 16.8. The van der Waals surface area contributed by atoms with Crippen molar-refractivity contribution in [3.05, 3.63) is 85.1 Å². The Morgan fingerprint density at radius 2 is 0.574 bits per heavy atom. The van der Waals surface area contributed by atoms with Crippen LogP contribution in [0.2, 0.25) is 0 Å². The Labute approximate surface area is 420 Å². The average molecular weight is 948 g/mol. The molecule has 0 aliphatic carbocycles. The summed E-state index contributed by atoms with van der Waals surface area (Å²) in [4.78, 5) is 38.1. The quantitative estimate of drug-likeness (QED) is 0.0262. The predicted molar refractivity (Wildman–Crippen MR) is 293 cm³/mol. The van der Waals surface area contributed by atoms with Crippen molar-refractivity contribution >= 4 is 17.9 Å². The van der Waals surface area contributed by atoms with E-state index in [4.69, 9.17) is 14.2 Å². The summed E-state index contributed by atoms with van der Waals surface area (Å²) in [5.41, 5.74) is 0. The number of hydrogen-bond acceptors (Lipinski definition) is 6. The van der Waals surface area contributed by atoms with Crippen LogP contribution in [0.3, 0.4) is 0 Å². The highest BCUT2D eigenvalue weighted by molar-refractivity contribution is 5.71. The molecule has 0 heterocycles. The Hall–Kier alpha value is -3.41. The predicted octanol–water partition coefficient (Wildman–Crippen LogP) is 19.2. The van der Waals surface area contributed by atoms with Gasteiger partial charge in [-0.25, -0.2) is 0 Å². The zero-order chi connectivity index (χ0) is 49.3. The molecule has 0 aliphatic rings. The van der Waals surface area contributed by atoms with E-state index in [1.807, 2.05) is 0 Å². The van der Waals surface area contributed by atoms with E-state index < -0.39 is 6.10 Å². The lowest BCUT2D eigenvalue weighted by molar-refractivity contribution is -0.167. The van der Waals surface area contributed by atoms with Crippen molar-refractivity contribution in [1.82, 2.24) is 0 Å². The normalized spacial score (nSPS) is 12.7. The third kappa shape index (κ3) is 53.5. The Morgan fingerprint density at radius 3 is 0.926 bits per heavy atom. The molecule has 1 atom stereocenters. The van der Waals surface area contributed by atoms with Gasteiger partial charge in [0, 0.05) is 19.3 Å². The Morgan fingerprint density at radius 1 is 0.309 bits per heavy atom. The van der Waals surface area contributed by atoms with Crippen molar-refractivity contribution in [3.63, 3.8) is 0 Å². The first kappa shape index (κ1) is 64.6. The molecule has 390 valence electrons. The van der Waals surface area contributed by atoms with Crippen LogP contribution in [0, 0.1) is 0 Å². The molecule has 0 fully saturated rings. The first-order valence-electron chi connectivity index (χ1n) is 28.6. The standard InChI is InChI=1S/C62H106O6/c1-4-7-10-13-16-19-22-25-28-29-30-31-32-33-35-37-40-43-46-49-52-55-61(64)67-58-59(57-66-60(63)54-51-48-45-42-39-36-27-24-21-18-15-12-9-6-3)68-62(65)56-53-50-47-44-41-38-34-26-23-20-17-14-11-8-5-2/h7,10,16-17,19-20,25-26,28,30-31,33-35,59H,4-6,8-9,11-15,18,21-24,27,29,32,36-58H2,1-3H3/b10-7-,19-16-,20-17-,28-25-,31-30-,34-26-,35-33-. The monoisotopic (exact) mass is 947 g/mol. The van der Waals surface area contributed by atoms with Crippen molar-refractivity contribution in [1.29, 1.82) is 0 Å². The second-order valence-electron chi connectivity index (χ2n) is 18.8. The van der Waals surface area contributed by atoms with E-state index in [0.717, 1.165) is 135 Å². The molecule has 1 unspecified atom stereocenters. The van der Waals surface area contributed by atoms with Gasteiger partial charge in [0.25, 0.3) is 0 Å². The lowest BCUT2D eigenvalue weighted by atomic mass is 10.0. The largest absolute Gasteiger partial charge is 0.462 e. The molecule has 0 N–H and O–H groups in total. The van der Waals surface area contributed by atoms with Crippen LogP contribution < -0.4 is 0 Å². The van der Waals surface area contributed by atoms with E-state index in [1.54, 1.807) is 0 Å². The fraction of sp³-hybridized carbons (Fsp3) is 0.726. The van der Waals surface area contributed by atoms with Crippen molar-refractivity contribution in [2.24, 2.45) is 0 Å². The fourth-order valence-electron chi connectivity index (χ4n) is 7.85. The molecule has 0 rings (SSSR count). The van der Waals surface area contributed by atoms with Crippen LogP contribution in [0.1, 0.15) is 271 Å². The minimum absolute atomic E-state index is 0.0868. The number of ether oxygens (including phenoxy) is 3. The molecule has 0 amide bonds. The van der Waals surface area contributed by atoms with Gasteiger partial charge in [0.05, 0.1) is 0 Å². The van der Waals surface area contributed by atoms with Crippen LogP contribution in [0.5, 0.6) is 0 Å². The average Bonchev–Trinajstić information content (AvgIpc) is 3.34. The maximum Gasteiger partial charge on any atom is 0.306 e. The van der Waals surface area contributed by atoms with Gasteiger partial charge < -0.3 is 14.2 Å². The second kappa shape index (κ2) is 56.2. The number of hydrogen-bond donors (Lipinski definition) is 0. The minimum atomic E-state index is -0.791. The fourth-order valence-corrected chi connectivity index (χ4v) is 7.85. The van der Waals surface area contributed by atoms with Crippen LogP contribution in [0.4, 0.5) is 0 Å². The first-order valence-corrected chi connectivity index (χ1v) is 28.6. The van der Waals surface area contributed by atoms with Crippen LogP contribution >= 0.6 is 0 Å². The zero-order valence-electron chi connectivity index (χ0n) is 44.6. The smallest absolute Gasteiger partial charge is 0.306 e. The van der Waals surface area contributed by atoms with Gasteiger partial charge in [-0.1, -0.05) is 241 Å². The third-order valence-electron chi connectivity index (χ3n) is 12.1. The summed E-state index contributed by atoms with van der Waals surface area (Å²) in [5, 5.41) is 0. The summed E-state index contributed by atoms with van der Waals surface area (Å²) >= 11 is 0. The molecule has 0 spiro atoms. The van der Waals surface area contributed by atoms with Gasteiger partial charge in [-0.05, 0) is 96.3 Å². The van der Waals surface area contributed by atoms with E-state index in [2.05, 4.69) is 106 Å². The van der Waals surface area contributed by atoms with Gasteiger partial charge in [-0.15, -0.1) is 0 Å². The SMILES string of the molecule is CC/C=C\C/C=C\C/C=C\C/C=C\C/C=C\CCCCCCCC(=O)OCC(COC(=O)CCCCCCCCCCCCCCCC)OC(=O)CCCCCCC/C=C\C/C=C\CCCCC. The molecule has 6 nitrogen and oxygen atoms in total. The van der Waals surface area contributed by atoms with Gasteiger partial charge >= 0.3 is 17.9 Å². The van der Waals surface area contributed by atoms with E-state index in [0.29, 0.717) is 19.3 Å². The Balaban J connectivity index is 4.42. The molecule has 68 heavy (non-hydrogen) atoms. The summed E-state index contributed by atoms with van der Waals surface area (Å²) in [6, 6.07) is 0. The van der Waals surface area contributed by atoms with Crippen LogP contribution in [0.15, 0.2) is 85.1 Å². The number of allylic oxidation sites excluding steroid dienone is 14. The van der Waals surface area contributed by atoms with E-state index in [-0.39, 0.29) is 31.1 Å². The van der Waals surface area contributed by atoms with Crippen molar-refractivity contribution in [2.45, 2.75) is 277 Å². The molecule has 6 heteroatoms. The van der Waals surface area contributed by atoms with Crippen molar-refractivity contribution < 1.29 is 28.6 Å². The molecule has 0 aromatic heterocycles. The highest BCUT2D eigenvalue weighted by Crippen LogP contribution is 2.15. The number of unbranched alkanes of at least 4 members (excludes halogenated alkanes) is 26. The molecule has 0 aliphatic heterocycles. The lowest BCUT2D eigenvalue weighted by Gasteiger charge is -2.18. The van der Waals surface area contributed by atoms with Crippen LogP contribution in [-0.4, -0.2) is 37.2 Å². The zero-order valence-corrected chi connectivity index (χ0v) is 44.6. The highest BCUT2D eigenvalue weighted by Gasteiger charge is 2.19. The molecular formula is C62H106O6. The van der Waals surface area contributed by atoms with Crippen molar-refractivity contribution in [3.8, 4) is 0 Å². The summed E-state index contributed by atoms with van der Waals surface area (Å²) in [6.07, 6.45) is 72.8. The second-order valence-corrected chi connectivity index (χ2v) is 18.8. The molecular weight excluding hydrogens is 841 g/mol. The third-order valence-corrected chi connectivity index (χ3v) is 12.1. The molecule has 0 bridgehead atoms. The summed E-state index contributed by atoms with van der Waals surface area (Å²) in [6.45, 7) is 6.49. The number of carbonyl (C=O) groups is 3. The minimum Gasteiger partial charge on any atom is -0.462 e. The summed E-state index contributed by atoms with van der Waals surface area (Å²) in [5.74, 6) is -0.914. The number of carbonyl (C=O) groups excluding carboxylic acids is 3. The van der Waals surface area contributed by atoms with Gasteiger partial charge in [-0.2, -0.15) is 0 Å². The molecule has 0 saturated heterocycles. The van der Waals surface area contributed by atoms with Gasteiger partial charge in [-0.3, -0.25) is 14.4 Å². The Bertz CT molecular complexity index is 1320. The topological polar surface area (TPSA) is 78.9 Å². The maximum absolute atomic E-state index is 12.8. The molecule has 0 radical (unpaired) electrons. The number of rotatable bonds is 51. The van der Waals surface area contributed by atoms with E-state index >= 15 is 0 Å². The van der Waals surface area contributed by atoms with Crippen LogP contribution in [-0.2, 0) is 28.6 Å². The molecule has 0 aromatic rings. The van der Waals surface area contributed by atoms with E-state index in [9.17, 15) is 14.4 Å². The number of esters is 3. The highest BCUT2D eigenvalue weighted by atomic mass is 16.6. The van der Waals surface area contributed by atoms with Gasteiger partial charge in [0.1, 0.15) is 13.2 Å². The van der Waals surface area contributed by atoms with E-state index in [1.165, 1.54) is 96.3 Å². The van der Waals surface area contributed by atoms with Gasteiger partial charge in [0.15, 0.2) is 6.10 Å². The molecule has 0 aromatic carbocycles. The van der Waals surface area contributed by atoms with Gasteiger partial charge in [0.2, 0.25) is 0 Å². The first-order chi connectivity index (χ1) is 33.5. The van der Waals surface area contributed by atoms with Crippen LogP contribution in [0.25, 0.3) is 0 Å². The Kier molecular flexibility index (Phi) is 53.4. The maximum atomic E-state index is 12.8. The molecule has 0 saturated carbocycles. The lowest BCUT2D eigenvalue weighted by Crippen LogP contribution is -2.30. The summed E-state index contributed by atoms with van der Waals surface area (Å²) in [7, 11) is 0.